The van der Waals surface area contributed by atoms with Gasteiger partial charge >= 0.3 is 0 Å². The maximum Gasteiger partial charge on any atom is 0.293 e. The van der Waals surface area contributed by atoms with Crippen molar-refractivity contribution in [2.24, 2.45) is 5.73 Å². The molecule has 4 rings (SSSR count). The Kier molecular flexibility index (Phi) is 5.34. The first-order chi connectivity index (χ1) is 12.6. The topological polar surface area (TPSA) is 98.4 Å². The van der Waals surface area contributed by atoms with Crippen LogP contribution in [0.3, 0.4) is 0 Å². The van der Waals surface area contributed by atoms with E-state index in [-0.39, 0.29) is 24.1 Å². The minimum atomic E-state index is -0.521. The second kappa shape index (κ2) is 7.54. The van der Waals surface area contributed by atoms with E-state index in [1.165, 1.54) is 11.2 Å². The quantitative estimate of drug-likeness (QED) is 0.730. The number of benzene rings is 1. The Hall–Kier alpha value is -2.64. The zero-order valence-corrected chi connectivity index (χ0v) is 15.7. The summed E-state index contributed by atoms with van der Waals surface area (Å²) in [6.45, 7) is 0. The second-order valence-corrected chi connectivity index (χ2v) is 6.65. The van der Waals surface area contributed by atoms with Gasteiger partial charge in [-0.15, -0.1) is 12.4 Å². The molecule has 1 fully saturated rings. The fraction of sp³-hybridized carbons (Fsp3) is 0.316. The number of anilines is 1. The Balaban J connectivity index is 0.00000210. The van der Waals surface area contributed by atoms with Crippen LogP contribution in [-0.2, 0) is 5.54 Å². The molecule has 0 aliphatic heterocycles. The molecule has 27 heavy (non-hydrogen) atoms. The zero-order valence-electron chi connectivity index (χ0n) is 14.9. The molecule has 2 N–H and O–H groups in total. The lowest BCUT2D eigenvalue weighted by molar-refractivity contribution is 0.0966. The number of para-hydroxylation sites is 1. The maximum absolute atomic E-state index is 12.6. The van der Waals surface area contributed by atoms with E-state index in [1.54, 1.807) is 19.2 Å². The molecule has 3 aromatic rings. The highest BCUT2D eigenvalue weighted by Gasteiger charge is 2.36. The minimum Gasteiger partial charge on any atom is -0.459 e. The summed E-state index contributed by atoms with van der Waals surface area (Å²) in [6.07, 6.45) is 5.31. The lowest BCUT2D eigenvalue weighted by Crippen LogP contribution is -2.34. The standard InChI is InChI=1S/C19H20N4O3.ClH/c1-23(17(24)15-9-6-12-25-15)14-8-3-2-7-13(14)16-21-18(22-26-16)19(20)10-4-5-11-19;/h2-3,6-9,12H,4-5,10-11,20H2,1H3;1H. The number of carbonyl (C=O) groups excluding carboxylic acids is 1. The van der Waals surface area contributed by atoms with Gasteiger partial charge in [0.2, 0.25) is 0 Å². The van der Waals surface area contributed by atoms with E-state index >= 15 is 0 Å². The summed E-state index contributed by atoms with van der Waals surface area (Å²) in [6, 6.07) is 10.7. The molecule has 0 spiro atoms. The van der Waals surface area contributed by atoms with Crippen LogP contribution in [0.25, 0.3) is 11.5 Å². The van der Waals surface area contributed by atoms with E-state index in [9.17, 15) is 4.79 Å². The van der Waals surface area contributed by atoms with Crippen molar-refractivity contribution >= 4 is 24.0 Å². The van der Waals surface area contributed by atoms with Crippen molar-refractivity contribution in [3.05, 3.63) is 54.2 Å². The summed E-state index contributed by atoms with van der Waals surface area (Å²) in [5.41, 5.74) is 7.23. The number of hydrogen-bond donors (Lipinski definition) is 1. The van der Waals surface area contributed by atoms with Crippen molar-refractivity contribution in [3.8, 4) is 11.5 Å². The highest BCUT2D eigenvalue weighted by molar-refractivity contribution is 6.05. The summed E-state index contributed by atoms with van der Waals surface area (Å²) in [4.78, 5) is 18.6. The molecule has 0 radical (unpaired) electrons. The predicted octanol–water partition coefficient (Wildman–Crippen LogP) is 3.76. The van der Waals surface area contributed by atoms with Crippen LogP contribution in [-0.4, -0.2) is 23.1 Å². The van der Waals surface area contributed by atoms with Crippen molar-refractivity contribution in [2.45, 2.75) is 31.2 Å². The Morgan fingerprint density at radius 2 is 1.93 bits per heavy atom. The third kappa shape index (κ3) is 3.48. The van der Waals surface area contributed by atoms with Gasteiger partial charge in [0.05, 0.1) is 23.1 Å². The van der Waals surface area contributed by atoms with Crippen LogP contribution in [0, 0.1) is 0 Å². The van der Waals surface area contributed by atoms with E-state index in [0.717, 1.165) is 25.7 Å². The highest BCUT2D eigenvalue weighted by Crippen LogP contribution is 2.36. The Labute approximate surface area is 162 Å². The lowest BCUT2D eigenvalue weighted by Gasteiger charge is -2.19. The fourth-order valence-electron chi connectivity index (χ4n) is 3.39. The number of rotatable bonds is 4. The molecule has 0 unspecified atom stereocenters. The number of nitrogens with two attached hydrogens (primary N) is 1. The third-order valence-electron chi connectivity index (χ3n) is 4.90. The molecule has 1 saturated carbocycles. The number of furan rings is 1. The van der Waals surface area contributed by atoms with Crippen LogP contribution in [0.2, 0.25) is 0 Å². The van der Waals surface area contributed by atoms with Gasteiger partial charge in [-0.1, -0.05) is 30.1 Å². The van der Waals surface area contributed by atoms with Crippen LogP contribution in [0.4, 0.5) is 5.69 Å². The largest absolute Gasteiger partial charge is 0.459 e. The average molecular weight is 389 g/mol. The molecule has 142 valence electrons. The molecular weight excluding hydrogens is 368 g/mol. The Morgan fingerprint density at radius 1 is 1.19 bits per heavy atom. The number of carbonyl (C=O) groups is 1. The van der Waals surface area contributed by atoms with Crippen LogP contribution < -0.4 is 10.6 Å². The second-order valence-electron chi connectivity index (χ2n) is 6.65. The van der Waals surface area contributed by atoms with Crippen molar-refractivity contribution < 1.29 is 13.7 Å². The molecule has 7 nitrogen and oxygen atoms in total. The van der Waals surface area contributed by atoms with Crippen molar-refractivity contribution in [1.82, 2.24) is 10.1 Å². The van der Waals surface area contributed by atoms with Crippen LogP contribution in [0.5, 0.6) is 0 Å². The molecule has 8 heteroatoms. The van der Waals surface area contributed by atoms with Gasteiger partial charge in [0.25, 0.3) is 11.8 Å². The number of nitrogens with zero attached hydrogens (tertiary/aromatic N) is 3. The molecule has 1 aromatic carbocycles. The van der Waals surface area contributed by atoms with Crippen LogP contribution in [0.1, 0.15) is 42.1 Å². The highest BCUT2D eigenvalue weighted by atomic mass is 35.5. The molecule has 1 aliphatic carbocycles. The summed E-state index contributed by atoms with van der Waals surface area (Å²) < 4.78 is 10.7. The predicted molar refractivity (Wildman–Crippen MR) is 103 cm³/mol. The molecule has 1 aliphatic rings. The summed E-state index contributed by atoms with van der Waals surface area (Å²) in [5.74, 6) is 0.889. The molecular formula is C19H21ClN4O3. The van der Waals surface area contributed by atoms with E-state index in [0.29, 0.717) is 23.0 Å². The third-order valence-corrected chi connectivity index (χ3v) is 4.90. The van der Waals surface area contributed by atoms with Crippen molar-refractivity contribution in [2.75, 3.05) is 11.9 Å². The average Bonchev–Trinajstić information content (AvgIpc) is 3.41. The summed E-state index contributed by atoms with van der Waals surface area (Å²) >= 11 is 0. The smallest absolute Gasteiger partial charge is 0.293 e. The van der Waals surface area contributed by atoms with Gasteiger partial charge in [-0.2, -0.15) is 4.98 Å². The normalized spacial score (nSPS) is 15.3. The molecule has 1 amide bonds. The first-order valence-electron chi connectivity index (χ1n) is 8.62. The fourth-order valence-corrected chi connectivity index (χ4v) is 3.39. The SMILES string of the molecule is CN(C(=O)c1ccco1)c1ccccc1-c1nc(C2(N)CCCC2)no1.Cl. The molecule has 2 heterocycles. The van der Waals surface area contributed by atoms with Gasteiger partial charge in [-0.25, -0.2) is 0 Å². The molecule has 0 saturated heterocycles. The van der Waals surface area contributed by atoms with Gasteiger partial charge in [-0.3, -0.25) is 4.79 Å². The van der Waals surface area contributed by atoms with E-state index in [4.69, 9.17) is 14.7 Å². The van der Waals surface area contributed by atoms with Crippen LogP contribution in [0.15, 0.2) is 51.6 Å². The van der Waals surface area contributed by atoms with Gasteiger partial charge < -0.3 is 19.6 Å². The van der Waals surface area contributed by atoms with Crippen molar-refractivity contribution in [1.29, 1.82) is 0 Å². The first-order valence-corrected chi connectivity index (χ1v) is 8.62. The monoisotopic (exact) mass is 388 g/mol. The maximum atomic E-state index is 12.6. The van der Waals surface area contributed by atoms with Gasteiger partial charge in [0, 0.05) is 7.05 Å². The Bertz CT molecular complexity index is 917. The Morgan fingerprint density at radius 3 is 2.63 bits per heavy atom. The number of aromatic nitrogens is 2. The molecule has 0 atom stereocenters. The van der Waals surface area contributed by atoms with Gasteiger partial charge in [-0.05, 0) is 37.1 Å². The van der Waals surface area contributed by atoms with Gasteiger partial charge in [0.1, 0.15) is 0 Å². The first kappa shape index (κ1) is 19.1. The molecule has 0 bridgehead atoms. The van der Waals surface area contributed by atoms with Gasteiger partial charge in [0.15, 0.2) is 11.6 Å². The van der Waals surface area contributed by atoms with E-state index in [1.807, 2.05) is 24.3 Å². The van der Waals surface area contributed by atoms with Crippen LogP contribution >= 0.6 is 12.4 Å². The summed E-state index contributed by atoms with van der Waals surface area (Å²) in [5, 5.41) is 4.11. The lowest BCUT2D eigenvalue weighted by atomic mass is 9.98. The zero-order chi connectivity index (χ0) is 18.1. The number of halogens is 1. The van der Waals surface area contributed by atoms with Crippen molar-refractivity contribution in [3.63, 3.8) is 0 Å². The number of hydrogen-bond acceptors (Lipinski definition) is 6. The molecule has 2 aromatic heterocycles. The number of amides is 1. The minimum absolute atomic E-state index is 0. The van der Waals surface area contributed by atoms with E-state index in [2.05, 4.69) is 10.1 Å². The summed E-state index contributed by atoms with van der Waals surface area (Å²) in [7, 11) is 1.68. The van der Waals surface area contributed by atoms with E-state index < -0.39 is 5.54 Å².